The van der Waals surface area contributed by atoms with Crippen LogP contribution in [0.2, 0.25) is 0 Å². The number of aliphatic carboxylic acids is 2. The maximum absolute atomic E-state index is 13.0. The van der Waals surface area contributed by atoms with Crippen LogP contribution in [-0.4, -0.2) is 46.2 Å². The van der Waals surface area contributed by atoms with Gasteiger partial charge in [0.15, 0.2) is 12.2 Å². The number of halogens is 4. The summed E-state index contributed by atoms with van der Waals surface area (Å²) in [6.07, 6.45) is -4.45. The van der Waals surface area contributed by atoms with Gasteiger partial charge in [0.2, 0.25) is 0 Å². The summed E-state index contributed by atoms with van der Waals surface area (Å²) in [7, 11) is 0. The van der Waals surface area contributed by atoms with Crippen LogP contribution in [0, 0.1) is 11.8 Å². The molecule has 2 N–H and O–H groups in total. The number of fused-ring (bicyclic) bond motifs is 1. The molecule has 2 aliphatic rings. The molecule has 17 heavy (non-hydrogen) atoms. The zero-order valence-corrected chi connectivity index (χ0v) is 7.94. The summed E-state index contributed by atoms with van der Waals surface area (Å²) in [5, 5.41) is 17.1. The van der Waals surface area contributed by atoms with Crippen LogP contribution < -0.4 is 0 Å². The lowest BCUT2D eigenvalue weighted by Crippen LogP contribution is -2.69. The molecule has 96 valence electrons. The summed E-state index contributed by atoms with van der Waals surface area (Å²) in [6, 6.07) is 0. The molecule has 1 heterocycles. The van der Waals surface area contributed by atoms with Crippen LogP contribution in [0.5, 0.6) is 0 Å². The fourth-order valence-electron chi connectivity index (χ4n) is 2.31. The second-order valence-electron chi connectivity index (χ2n) is 3.95. The number of hydrogen-bond donors (Lipinski definition) is 2. The van der Waals surface area contributed by atoms with Crippen molar-refractivity contribution < 1.29 is 42.1 Å². The SMILES string of the molecule is O=C(O)[C@H]1O[C@@H](C(=O)O)[C@H]2[C@@H]1C(F)(F)C2(F)F. The van der Waals surface area contributed by atoms with Crippen LogP contribution in [0.3, 0.4) is 0 Å². The highest BCUT2D eigenvalue weighted by atomic mass is 19.3. The van der Waals surface area contributed by atoms with Gasteiger partial charge in [0.05, 0.1) is 11.8 Å². The van der Waals surface area contributed by atoms with Crippen molar-refractivity contribution >= 4 is 11.9 Å². The maximum Gasteiger partial charge on any atom is 0.333 e. The van der Waals surface area contributed by atoms with Crippen LogP contribution in [0.1, 0.15) is 0 Å². The molecule has 9 heteroatoms. The van der Waals surface area contributed by atoms with E-state index >= 15 is 0 Å². The van der Waals surface area contributed by atoms with E-state index in [0.29, 0.717) is 0 Å². The summed E-state index contributed by atoms with van der Waals surface area (Å²) in [6.45, 7) is 0. The van der Waals surface area contributed by atoms with Crippen molar-refractivity contribution in [3.63, 3.8) is 0 Å². The Morgan fingerprint density at radius 3 is 1.41 bits per heavy atom. The van der Waals surface area contributed by atoms with Crippen molar-refractivity contribution in [2.75, 3.05) is 0 Å². The number of carboxylic acids is 2. The van der Waals surface area contributed by atoms with Crippen LogP contribution >= 0.6 is 0 Å². The van der Waals surface area contributed by atoms with Gasteiger partial charge in [-0.2, -0.15) is 17.6 Å². The summed E-state index contributed by atoms with van der Waals surface area (Å²) in [4.78, 5) is 21.1. The molecule has 2 fully saturated rings. The van der Waals surface area contributed by atoms with Gasteiger partial charge in [0, 0.05) is 0 Å². The normalized spacial score (nSPS) is 41.4. The molecule has 1 saturated carbocycles. The quantitative estimate of drug-likeness (QED) is 0.702. The van der Waals surface area contributed by atoms with E-state index < -0.39 is 47.8 Å². The van der Waals surface area contributed by atoms with Crippen LogP contribution in [0.15, 0.2) is 0 Å². The molecule has 0 spiro atoms. The Hall–Kier alpha value is -1.38. The van der Waals surface area contributed by atoms with Crippen molar-refractivity contribution in [1.29, 1.82) is 0 Å². The molecule has 0 aromatic heterocycles. The molecule has 1 aliphatic carbocycles. The van der Waals surface area contributed by atoms with Crippen molar-refractivity contribution in [3.05, 3.63) is 0 Å². The Balaban J connectivity index is 2.39. The molecule has 0 bridgehead atoms. The fourth-order valence-corrected chi connectivity index (χ4v) is 2.31. The number of carboxylic acid groups (broad SMARTS) is 2. The van der Waals surface area contributed by atoms with Gasteiger partial charge < -0.3 is 14.9 Å². The minimum absolute atomic E-state index is 1.88. The number of ether oxygens (including phenoxy) is 1. The van der Waals surface area contributed by atoms with Crippen LogP contribution in [0.25, 0.3) is 0 Å². The topological polar surface area (TPSA) is 83.8 Å². The molecular formula is C8H6F4O5. The fraction of sp³-hybridized carbons (Fsp3) is 0.750. The van der Waals surface area contributed by atoms with Crippen molar-refractivity contribution in [2.24, 2.45) is 11.8 Å². The van der Waals surface area contributed by atoms with E-state index in [-0.39, 0.29) is 0 Å². The molecule has 0 aromatic rings. The molecule has 2 rings (SSSR count). The Labute approximate surface area is 91.0 Å². The van der Waals surface area contributed by atoms with Gasteiger partial charge in [-0.15, -0.1) is 0 Å². The molecular weight excluding hydrogens is 252 g/mol. The number of alkyl halides is 4. The Morgan fingerprint density at radius 2 is 1.18 bits per heavy atom. The average molecular weight is 258 g/mol. The third kappa shape index (κ3) is 1.22. The monoisotopic (exact) mass is 258 g/mol. The molecule has 1 aliphatic heterocycles. The Morgan fingerprint density at radius 1 is 0.882 bits per heavy atom. The van der Waals surface area contributed by atoms with Gasteiger partial charge in [0.25, 0.3) is 0 Å². The number of hydrogen-bond acceptors (Lipinski definition) is 3. The van der Waals surface area contributed by atoms with Crippen molar-refractivity contribution in [2.45, 2.75) is 24.1 Å². The number of rotatable bonds is 2. The Bertz CT molecular complexity index is 359. The van der Waals surface area contributed by atoms with E-state index in [1.54, 1.807) is 0 Å². The molecule has 0 unspecified atom stereocenters. The first-order valence-electron chi connectivity index (χ1n) is 4.49. The lowest BCUT2D eigenvalue weighted by Gasteiger charge is -2.48. The first-order chi connectivity index (χ1) is 7.62. The van der Waals surface area contributed by atoms with Gasteiger partial charge in [-0.25, -0.2) is 9.59 Å². The molecule has 5 nitrogen and oxygen atoms in total. The van der Waals surface area contributed by atoms with Gasteiger partial charge in [-0.05, 0) is 0 Å². The minimum atomic E-state index is -4.56. The third-order valence-electron chi connectivity index (χ3n) is 3.10. The van der Waals surface area contributed by atoms with Crippen LogP contribution in [0.4, 0.5) is 17.6 Å². The van der Waals surface area contributed by atoms with Gasteiger partial charge in [-0.1, -0.05) is 0 Å². The second-order valence-corrected chi connectivity index (χ2v) is 3.95. The molecule has 0 radical (unpaired) electrons. The van der Waals surface area contributed by atoms with E-state index in [9.17, 15) is 27.2 Å². The van der Waals surface area contributed by atoms with E-state index in [4.69, 9.17) is 10.2 Å². The first-order valence-corrected chi connectivity index (χ1v) is 4.49. The average Bonchev–Trinajstić information content (AvgIpc) is 2.56. The van der Waals surface area contributed by atoms with Crippen LogP contribution in [-0.2, 0) is 14.3 Å². The van der Waals surface area contributed by atoms with Crippen molar-refractivity contribution in [1.82, 2.24) is 0 Å². The zero-order chi connectivity index (χ0) is 13.2. The lowest BCUT2D eigenvalue weighted by molar-refractivity contribution is -0.347. The summed E-state index contributed by atoms with van der Waals surface area (Å²) < 4.78 is 56.4. The van der Waals surface area contributed by atoms with E-state index in [2.05, 4.69) is 4.74 Å². The van der Waals surface area contributed by atoms with E-state index in [0.717, 1.165) is 0 Å². The Kier molecular flexibility index (Phi) is 2.20. The summed E-state index contributed by atoms with van der Waals surface area (Å²) >= 11 is 0. The summed E-state index contributed by atoms with van der Waals surface area (Å²) in [5.41, 5.74) is 0. The van der Waals surface area contributed by atoms with E-state index in [1.165, 1.54) is 0 Å². The molecule has 1 saturated heterocycles. The largest absolute Gasteiger partial charge is 0.479 e. The highest BCUT2D eigenvalue weighted by Gasteiger charge is 2.86. The molecule has 0 amide bonds. The number of carbonyl (C=O) groups is 2. The second kappa shape index (κ2) is 3.09. The highest BCUT2D eigenvalue weighted by Crippen LogP contribution is 2.65. The third-order valence-corrected chi connectivity index (χ3v) is 3.10. The van der Waals surface area contributed by atoms with Gasteiger partial charge in [-0.3, -0.25) is 0 Å². The molecule has 4 atom stereocenters. The summed E-state index contributed by atoms with van der Waals surface area (Å²) in [5.74, 6) is -17.5. The lowest BCUT2D eigenvalue weighted by atomic mass is 9.63. The maximum atomic E-state index is 13.0. The van der Waals surface area contributed by atoms with Crippen molar-refractivity contribution in [3.8, 4) is 0 Å². The molecule has 0 aromatic carbocycles. The standard InChI is InChI=1S/C8H6F4O5/c9-7(10)1-2(8(7,11)12)4(6(15)16)17-3(1)5(13)14/h1-4H,(H,13,14)(H,15,16)/t1-,2+,3-,4+. The first kappa shape index (κ1) is 12.1. The zero-order valence-electron chi connectivity index (χ0n) is 7.94. The minimum Gasteiger partial charge on any atom is -0.479 e. The van der Waals surface area contributed by atoms with Gasteiger partial charge in [0.1, 0.15) is 0 Å². The highest BCUT2D eigenvalue weighted by molar-refractivity contribution is 5.79. The smallest absolute Gasteiger partial charge is 0.333 e. The predicted molar refractivity (Wildman–Crippen MR) is 40.8 cm³/mol. The predicted octanol–water partition coefficient (Wildman–Crippen LogP) is 0.440. The van der Waals surface area contributed by atoms with Gasteiger partial charge >= 0.3 is 23.8 Å². The van der Waals surface area contributed by atoms with E-state index in [1.807, 2.05) is 0 Å².